The predicted octanol–water partition coefficient (Wildman–Crippen LogP) is 5.78. The van der Waals surface area contributed by atoms with Crippen molar-refractivity contribution in [3.05, 3.63) is 101 Å². The van der Waals surface area contributed by atoms with Crippen LogP contribution in [-0.4, -0.2) is 17.2 Å². The van der Waals surface area contributed by atoms with Crippen LogP contribution in [-0.2, 0) is 0 Å². The molecule has 0 unspecified atom stereocenters. The monoisotopic (exact) mass is 413 g/mol. The Bertz CT molecular complexity index is 1170. The molecule has 0 aliphatic carbocycles. The van der Waals surface area contributed by atoms with Crippen molar-refractivity contribution in [2.45, 2.75) is 6.92 Å². The number of hydrazone groups is 1. The molecule has 0 radical (unpaired) electrons. The highest BCUT2D eigenvalue weighted by molar-refractivity contribution is 7.14. The van der Waals surface area contributed by atoms with E-state index in [-0.39, 0.29) is 5.97 Å². The molecule has 148 valence electrons. The van der Waals surface area contributed by atoms with Crippen molar-refractivity contribution in [2.24, 2.45) is 5.10 Å². The van der Waals surface area contributed by atoms with Gasteiger partial charge in [-0.1, -0.05) is 48.5 Å². The predicted molar refractivity (Wildman–Crippen MR) is 121 cm³/mol. The molecular weight excluding hydrogens is 394 g/mol. The fourth-order valence-electron chi connectivity index (χ4n) is 2.81. The van der Waals surface area contributed by atoms with Crippen LogP contribution in [0.3, 0.4) is 0 Å². The van der Waals surface area contributed by atoms with Gasteiger partial charge in [-0.05, 0) is 48.4 Å². The number of thiazole rings is 1. The molecule has 0 bridgehead atoms. The molecule has 1 N–H and O–H groups in total. The zero-order chi connectivity index (χ0) is 20.8. The zero-order valence-electron chi connectivity index (χ0n) is 16.3. The van der Waals surface area contributed by atoms with Crippen molar-refractivity contribution >= 4 is 28.7 Å². The van der Waals surface area contributed by atoms with Crippen molar-refractivity contribution in [2.75, 3.05) is 5.43 Å². The van der Waals surface area contributed by atoms with Crippen molar-refractivity contribution in [3.8, 4) is 17.0 Å². The van der Waals surface area contributed by atoms with Gasteiger partial charge in [0, 0.05) is 10.9 Å². The van der Waals surface area contributed by atoms with Gasteiger partial charge in [-0.2, -0.15) is 5.10 Å². The summed E-state index contributed by atoms with van der Waals surface area (Å²) < 4.78 is 5.45. The third kappa shape index (κ3) is 4.79. The van der Waals surface area contributed by atoms with Crippen molar-refractivity contribution in [1.29, 1.82) is 0 Å². The third-order valence-corrected chi connectivity index (χ3v) is 5.15. The summed E-state index contributed by atoms with van der Waals surface area (Å²) in [7, 11) is 0. The lowest BCUT2D eigenvalue weighted by atomic mass is 10.1. The van der Waals surface area contributed by atoms with Crippen LogP contribution in [0, 0.1) is 6.92 Å². The number of benzene rings is 3. The highest BCUT2D eigenvalue weighted by atomic mass is 32.1. The number of aryl methyl sites for hydroxylation is 1. The minimum Gasteiger partial charge on any atom is -0.423 e. The fraction of sp³-hybridized carbons (Fsp3) is 0.0417. The third-order valence-electron chi connectivity index (χ3n) is 4.40. The van der Waals surface area contributed by atoms with Gasteiger partial charge < -0.3 is 4.74 Å². The summed E-state index contributed by atoms with van der Waals surface area (Å²) in [6.45, 7) is 1.88. The van der Waals surface area contributed by atoms with E-state index in [0.29, 0.717) is 16.4 Å². The molecule has 0 fully saturated rings. The number of carbonyl (C=O) groups is 1. The van der Waals surface area contributed by atoms with E-state index in [1.807, 2.05) is 73.0 Å². The van der Waals surface area contributed by atoms with E-state index in [9.17, 15) is 4.79 Å². The molecule has 6 heteroatoms. The van der Waals surface area contributed by atoms with Crippen LogP contribution in [0.5, 0.6) is 5.75 Å². The lowest BCUT2D eigenvalue weighted by molar-refractivity contribution is 0.0734. The number of esters is 1. The molecule has 1 heterocycles. The number of ether oxygens (including phenoxy) is 1. The highest BCUT2D eigenvalue weighted by Gasteiger charge is 2.10. The van der Waals surface area contributed by atoms with Gasteiger partial charge in [0.1, 0.15) is 5.75 Å². The lowest BCUT2D eigenvalue weighted by Gasteiger charge is -2.06. The zero-order valence-corrected chi connectivity index (χ0v) is 17.1. The molecular formula is C24H19N3O2S. The summed E-state index contributed by atoms with van der Waals surface area (Å²) >= 11 is 1.49. The number of nitrogens with zero attached hydrogens (tertiary/aromatic N) is 2. The van der Waals surface area contributed by atoms with Crippen LogP contribution < -0.4 is 10.2 Å². The minimum atomic E-state index is -0.367. The number of hydrogen-bond donors (Lipinski definition) is 1. The standard InChI is InChI=1S/C24H19N3O2S/c1-17-7-5-6-10-21(17)23(28)29-20-13-11-18(12-14-20)15-25-27-24-26-22(16-30-24)19-8-3-2-4-9-19/h2-16H,1H3,(H,26,27). The first-order valence-electron chi connectivity index (χ1n) is 9.37. The Morgan fingerprint density at radius 3 is 2.50 bits per heavy atom. The second-order valence-corrected chi connectivity index (χ2v) is 7.41. The van der Waals surface area contributed by atoms with Crippen molar-refractivity contribution in [1.82, 2.24) is 4.98 Å². The van der Waals surface area contributed by atoms with Crippen molar-refractivity contribution in [3.63, 3.8) is 0 Å². The van der Waals surface area contributed by atoms with Gasteiger partial charge in [-0.15, -0.1) is 11.3 Å². The molecule has 1 aromatic heterocycles. The second kappa shape index (κ2) is 9.15. The molecule has 0 aliphatic rings. The summed E-state index contributed by atoms with van der Waals surface area (Å²) in [5, 5.41) is 6.94. The van der Waals surface area contributed by atoms with E-state index < -0.39 is 0 Å². The molecule has 0 spiro atoms. The molecule has 4 rings (SSSR count). The Hall–Kier alpha value is -3.77. The summed E-state index contributed by atoms with van der Waals surface area (Å²) in [6.07, 6.45) is 1.69. The van der Waals surface area contributed by atoms with Gasteiger partial charge >= 0.3 is 5.97 Å². The Balaban J connectivity index is 1.35. The molecule has 5 nitrogen and oxygen atoms in total. The van der Waals surface area contributed by atoms with Crippen LogP contribution in [0.15, 0.2) is 89.3 Å². The van der Waals surface area contributed by atoms with Gasteiger partial charge in [0.25, 0.3) is 0 Å². The van der Waals surface area contributed by atoms with E-state index in [4.69, 9.17) is 4.74 Å². The Morgan fingerprint density at radius 1 is 1.00 bits per heavy atom. The summed E-state index contributed by atoms with van der Waals surface area (Å²) in [6, 6.07) is 24.5. The van der Waals surface area contributed by atoms with Crippen LogP contribution in [0.4, 0.5) is 5.13 Å². The highest BCUT2D eigenvalue weighted by Crippen LogP contribution is 2.24. The molecule has 0 saturated heterocycles. The van der Waals surface area contributed by atoms with Crippen LogP contribution in [0.2, 0.25) is 0 Å². The van der Waals surface area contributed by atoms with Crippen molar-refractivity contribution < 1.29 is 9.53 Å². The number of anilines is 1. The van der Waals surface area contributed by atoms with Gasteiger partial charge in [-0.25, -0.2) is 9.78 Å². The number of carbonyl (C=O) groups excluding carboxylic acids is 1. The van der Waals surface area contributed by atoms with E-state index in [0.717, 1.165) is 22.4 Å². The number of hydrogen-bond acceptors (Lipinski definition) is 6. The molecule has 0 amide bonds. The molecule has 0 aliphatic heterocycles. The smallest absolute Gasteiger partial charge is 0.343 e. The maximum absolute atomic E-state index is 12.3. The number of nitrogens with one attached hydrogen (secondary N) is 1. The summed E-state index contributed by atoms with van der Waals surface area (Å²) in [5.41, 5.74) is 7.25. The maximum Gasteiger partial charge on any atom is 0.343 e. The van der Waals surface area contributed by atoms with Crippen LogP contribution in [0.25, 0.3) is 11.3 Å². The first-order chi connectivity index (χ1) is 14.7. The average Bonchev–Trinajstić information content (AvgIpc) is 3.25. The Labute approximate surface area is 178 Å². The Kier molecular flexibility index (Phi) is 5.96. The number of rotatable bonds is 6. The normalized spacial score (nSPS) is 10.8. The average molecular weight is 414 g/mol. The topological polar surface area (TPSA) is 63.6 Å². The van der Waals surface area contributed by atoms with Crippen LogP contribution >= 0.6 is 11.3 Å². The van der Waals surface area contributed by atoms with Gasteiger partial charge in [0.2, 0.25) is 5.13 Å². The van der Waals surface area contributed by atoms with Gasteiger partial charge in [0.05, 0.1) is 17.5 Å². The summed E-state index contributed by atoms with van der Waals surface area (Å²) in [5.74, 6) is 0.120. The van der Waals surface area contributed by atoms with E-state index in [2.05, 4.69) is 15.5 Å². The second-order valence-electron chi connectivity index (χ2n) is 6.55. The quantitative estimate of drug-likeness (QED) is 0.188. The molecule has 4 aromatic rings. The minimum absolute atomic E-state index is 0.367. The maximum atomic E-state index is 12.3. The van der Waals surface area contributed by atoms with E-state index >= 15 is 0 Å². The van der Waals surface area contributed by atoms with E-state index in [1.165, 1.54) is 11.3 Å². The summed E-state index contributed by atoms with van der Waals surface area (Å²) in [4.78, 5) is 16.8. The SMILES string of the molecule is Cc1ccccc1C(=O)Oc1ccc(C=NNc2nc(-c3ccccc3)cs2)cc1. The molecule has 0 atom stereocenters. The molecule has 0 saturated carbocycles. The largest absolute Gasteiger partial charge is 0.423 e. The fourth-order valence-corrected chi connectivity index (χ4v) is 3.48. The first kappa shape index (κ1) is 19.5. The van der Waals surface area contributed by atoms with E-state index in [1.54, 1.807) is 24.4 Å². The molecule has 3 aromatic carbocycles. The first-order valence-corrected chi connectivity index (χ1v) is 10.2. The lowest BCUT2D eigenvalue weighted by Crippen LogP contribution is -2.10. The van der Waals surface area contributed by atoms with Crippen LogP contribution in [0.1, 0.15) is 21.5 Å². The number of aromatic nitrogens is 1. The van der Waals surface area contributed by atoms with Gasteiger partial charge in [-0.3, -0.25) is 5.43 Å². The molecule has 30 heavy (non-hydrogen) atoms. The Morgan fingerprint density at radius 2 is 1.73 bits per heavy atom. The van der Waals surface area contributed by atoms with Gasteiger partial charge in [0.15, 0.2) is 0 Å².